The van der Waals surface area contributed by atoms with Crippen LogP contribution in [-0.2, 0) is 7.05 Å². The predicted molar refractivity (Wildman–Crippen MR) is 69.7 cm³/mol. The molecule has 0 radical (unpaired) electrons. The average molecular weight is 239 g/mol. The van der Waals surface area contributed by atoms with Gasteiger partial charge in [-0.15, -0.1) is 0 Å². The number of carbonyl (C=O) groups is 1. The second-order valence-corrected chi connectivity index (χ2v) is 4.39. The molecular formula is C14H13N3O. The number of nitrogens with zero attached hydrogens (tertiary/aromatic N) is 3. The summed E-state index contributed by atoms with van der Waals surface area (Å²) in [7, 11) is 2.02. The van der Waals surface area contributed by atoms with E-state index in [1.807, 2.05) is 23.7 Å². The van der Waals surface area contributed by atoms with Crippen LogP contribution in [-0.4, -0.2) is 20.2 Å². The number of hydrogen-bond donors (Lipinski definition) is 0. The van der Waals surface area contributed by atoms with Crippen LogP contribution in [0.25, 0.3) is 17.0 Å². The third-order valence-electron chi connectivity index (χ3n) is 3.25. The van der Waals surface area contributed by atoms with Crippen LogP contribution in [0.3, 0.4) is 0 Å². The third kappa shape index (κ3) is 1.54. The normalized spacial score (nSPS) is 11.0. The van der Waals surface area contributed by atoms with E-state index in [-0.39, 0.29) is 0 Å². The highest BCUT2D eigenvalue weighted by atomic mass is 16.1. The van der Waals surface area contributed by atoms with Gasteiger partial charge in [-0.05, 0) is 31.2 Å². The van der Waals surface area contributed by atoms with Gasteiger partial charge in [-0.3, -0.25) is 4.79 Å². The minimum atomic E-state index is 0.648. The molecule has 3 aromatic rings. The van der Waals surface area contributed by atoms with Gasteiger partial charge < -0.3 is 8.97 Å². The fourth-order valence-electron chi connectivity index (χ4n) is 2.07. The second kappa shape index (κ2) is 3.84. The van der Waals surface area contributed by atoms with Crippen LogP contribution in [0.15, 0.2) is 36.7 Å². The first-order valence-corrected chi connectivity index (χ1v) is 5.75. The number of fused-ring (bicyclic) bond motifs is 1. The molecule has 0 amide bonds. The summed E-state index contributed by atoms with van der Waals surface area (Å²) < 4.78 is 3.98. The molecule has 4 nitrogen and oxygen atoms in total. The number of carbonyl (C=O) groups excluding carboxylic acids is 1. The Bertz CT molecular complexity index is 737. The van der Waals surface area contributed by atoms with Crippen LogP contribution < -0.4 is 0 Å². The average Bonchev–Trinajstić information content (AvgIpc) is 2.93. The zero-order valence-corrected chi connectivity index (χ0v) is 10.3. The van der Waals surface area contributed by atoms with E-state index in [1.165, 1.54) is 5.69 Å². The van der Waals surface area contributed by atoms with E-state index in [4.69, 9.17) is 0 Å². The largest absolute Gasteiger partial charge is 0.347 e. The lowest BCUT2D eigenvalue weighted by atomic mass is 10.3. The van der Waals surface area contributed by atoms with E-state index in [0.29, 0.717) is 5.56 Å². The fourth-order valence-corrected chi connectivity index (χ4v) is 2.07. The number of imidazole rings is 1. The standard InChI is InChI=1S/C14H13N3O/c1-10-3-5-13(16(10)2)12-8-17-7-11(9-18)4-6-14(17)15-12/h3-9H,1-2H3. The van der Waals surface area contributed by atoms with Gasteiger partial charge in [-0.25, -0.2) is 4.98 Å². The molecule has 3 heterocycles. The molecule has 0 spiro atoms. The molecule has 3 rings (SSSR count). The van der Waals surface area contributed by atoms with Crippen LogP contribution in [0.2, 0.25) is 0 Å². The Morgan fingerprint density at radius 3 is 2.67 bits per heavy atom. The summed E-state index contributed by atoms with van der Waals surface area (Å²) in [5.74, 6) is 0. The van der Waals surface area contributed by atoms with Gasteiger partial charge in [0, 0.05) is 30.7 Å². The SMILES string of the molecule is Cc1ccc(-c2cn3cc(C=O)ccc3n2)n1C. The highest BCUT2D eigenvalue weighted by Gasteiger charge is 2.08. The number of rotatable bonds is 2. The summed E-state index contributed by atoms with van der Waals surface area (Å²) in [5.41, 5.74) is 4.66. The molecule has 0 aliphatic rings. The minimum absolute atomic E-state index is 0.648. The Morgan fingerprint density at radius 2 is 2.00 bits per heavy atom. The Balaban J connectivity index is 2.19. The molecule has 0 atom stereocenters. The number of hydrogen-bond acceptors (Lipinski definition) is 2. The number of aryl methyl sites for hydroxylation is 1. The van der Waals surface area contributed by atoms with Gasteiger partial charge in [0.15, 0.2) is 6.29 Å². The molecule has 18 heavy (non-hydrogen) atoms. The molecule has 3 aromatic heterocycles. The zero-order chi connectivity index (χ0) is 12.7. The van der Waals surface area contributed by atoms with Gasteiger partial charge in [0.1, 0.15) is 11.3 Å². The highest BCUT2D eigenvalue weighted by Crippen LogP contribution is 2.21. The number of pyridine rings is 1. The van der Waals surface area contributed by atoms with Crippen LogP contribution >= 0.6 is 0 Å². The van der Waals surface area contributed by atoms with Crippen LogP contribution in [0.1, 0.15) is 16.1 Å². The molecule has 0 unspecified atom stereocenters. The molecule has 0 bridgehead atoms. The minimum Gasteiger partial charge on any atom is -0.347 e. The van der Waals surface area contributed by atoms with Gasteiger partial charge in [-0.2, -0.15) is 0 Å². The van der Waals surface area contributed by atoms with Crippen molar-refractivity contribution < 1.29 is 4.79 Å². The first-order chi connectivity index (χ1) is 8.69. The van der Waals surface area contributed by atoms with Gasteiger partial charge in [0.05, 0.1) is 5.69 Å². The monoisotopic (exact) mass is 239 g/mol. The van der Waals surface area contributed by atoms with E-state index >= 15 is 0 Å². The van der Waals surface area contributed by atoms with Gasteiger partial charge in [0.2, 0.25) is 0 Å². The van der Waals surface area contributed by atoms with Crippen LogP contribution in [0.4, 0.5) is 0 Å². The maximum Gasteiger partial charge on any atom is 0.151 e. The van der Waals surface area contributed by atoms with E-state index in [1.54, 1.807) is 12.3 Å². The first-order valence-electron chi connectivity index (χ1n) is 5.75. The van der Waals surface area contributed by atoms with Gasteiger partial charge in [0.25, 0.3) is 0 Å². The van der Waals surface area contributed by atoms with Crippen molar-refractivity contribution in [3.05, 3.63) is 47.9 Å². The lowest BCUT2D eigenvalue weighted by Gasteiger charge is -2.00. The maximum absolute atomic E-state index is 10.7. The summed E-state index contributed by atoms with van der Waals surface area (Å²) in [5, 5.41) is 0. The molecule has 4 heteroatoms. The number of aldehydes is 1. The summed E-state index contributed by atoms with van der Waals surface area (Å²) in [6.45, 7) is 2.06. The molecule has 0 aliphatic heterocycles. The molecule has 0 saturated heterocycles. The predicted octanol–water partition coefficient (Wildman–Crippen LogP) is 2.46. The van der Waals surface area contributed by atoms with Crippen molar-refractivity contribution in [1.29, 1.82) is 0 Å². The third-order valence-corrected chi connectivity index (χ3v) is 3.25. The van der Waals surface area contributed by atoms with Gasteiger partial charge in [-0.1, -0.05) is 0 Å². The molecule has 0 aromatic carbocycles. The highest BCUT2D eigenvalue weighted by molar-refractivity contribution is 5.75. The lowest BCUT2D eigenvalue weighted by Crippen LogP contribution is -1.93. The van der Waals surface area contributed by atoms with Crippen molar-refractivity contribution in [2.24, 2.45) is 7.05 Å². The molecule has 0 aliphatic carbocycles. The lowest BCUT2D eigenvalue weighted by molar-refractivity contribution is 0.112. The van der Waals surface area contributed by atoms with E-state index in [9.17, 15) is 4.79 Å². The van der Waals surface area contributed by atoms with Crippen LogP contribution in [0, 0.1) is 6.92 Å². The summed E-state index contributed by atoms with van der Waals surface area (Å²) >= 11 is 0. The van der Waals surface area contributed by atoms with E-state index in [2.05, 4.69) is 28.6 Å². The Hall–Kier alpha value is -2.36. The Kier molecular flexibility index (Phi) is 2.30. The fraction of sp³-hybridized carbons (Fsp3) is 0.143. The zero-order valence-electron chi connectivity index (χ0n) is 10.3. The summed E-state index contributed by atoms with van der Waals surface area (Å²) in [6, 6.07) is 7.74. The Labute approximate surface area is 105 Å². The van der Waals surface area contributed by atoms with Crippen molar-refractivity contribution in [2.75, 3.05) is 0 Å². The van der Waals surface area contributed by atoms with Gasteiger partial charge >= 0.3 is 0 Å². The molecule has 90 valence electrons. The molecule has 0 N–H and O–H groups in total. The summed E-state index contributed by atoms with van der Waals surface area (Å²) in [4.78, 5) is 15.3. The number of aromatic nitrogens is 3. The van der Waals surface area contributed by atoms with Crippen molar-refractivity contribution in [2.45, 2.75) is 6.92 Å². The Morgan fingerprint density at radius 1 is 1.17 bits per heavy atom. The topological polar surface area (TPSA) is 39.3 Å². The maximum atomic E-state index is 10.7. The van der Waals surface area contributed by atoms with Crippen molar-refractivity contribution >= 4 is 11.9 Å². The molecule has 0 fully saturated rings. The molecule has 0 saturated carbocycles. The summed E-state index contributed by atoms with van der Waals surface area (Å²) in [6.07, 6.45) is 4.57. The van der Waals surface area contributed by atoms with Crippen molar-refractivity contribution in [3.63, 3.8) is 0 Å². The van der Waals surface area contributed by atoms with Crippen LogP contribution in [0.5, 0.6) is 0 Å². The van der Waals surface area contributed by atoms with Crippen molar-refractivity contribution in [3.8, 4) is 11.4 Å². The molecular weight excluding hydrogens is 226 g/mol. The van der Waals surface area contributed by atoms with Crippen molar-refractivity contribution in [1.82, 2.24) is 14.0 Å². The van der Waals surface area contributed by atoms with E-state index in [0.717, 1.165) is 23.3 Å². The first kappa shape index (κ1) is 10.8. The quantitative estimate of drug-likeness (QED) is 0.644. The smallest absolute Gasteiger partial charge is 0.151 e. The van der Waals surface area contributed by atoms with E-state index < -0.39 is 0 Å². The second-order valence-electron chi connectivity index (χ2n) is 4.39.